The summed E-state index contributed by atoms with van der Waals surface area (Å²) < 4.78 is 12.4. The molecule has 0 bridgehead atoms. The molecule has 0 unspecified atom stereocenters. The van der Waals surface area contributed by atoms with E-state index in [4.69, 9.17) is 9.31 Å². The average molecular weight is 367 g/mol. The standard InChI is InChI=1S/C19H22BN3O4/c1-18(2)19(3,4)27-20(26-18)14-5-6-15(12-7-9-21-11-13(12)14)23-10-8-16(24)22-17(23)25/h5-7,9,11H,8,10H2,1-4H3,(H,22,24,25). The number of nitrogens with zero attached hydrogens (tertiary/aromatic N) is 2. The van der Waals surface area contributed by atoms with Crippen LogP contribution >= 0.6 is 0 Å². The third-order valence-corrected chi connectivity index (χ3v) is 5.68. The minimum absolute atomic E-state index is 0.254. The first-order valence-corrected chi connectivity index (χ1v) is 9.03. The van der Waals surface area contributed by atoms with Crippen molar-refractivity contribution in [2.45, 2.75) is 45.3 Å². The second-order valence-electron chi connectivity index (χ2n) is 7.94. The van der Waals surface area contributed by atoms with E-state index in [9.17, 15) is 9.59 Å². The molecular weight excluding hydrogens is 345 g/mol. The normalized spacial score (nSPS) is 21.6. The summed E-state index contributed by atoms with van der Waals surface area (Å²) in [7, 11) is -0.521. The fourth-order valence-corrected chi connectivity index (χ4v) is 3.40. The van der Waals surface area contributed by atoms with E-state index in [1.807, 2.05) is 45.9 Å². The number of amides is 3. The van der Waals surface area contributed by atoms with Gasteiger partial charge < -0.3 is 9.31 Å². The maximum absolute atomic E-state index is 12.3. The van der Waals surface area contributed by atoms with Crippen molar-refractivity contribution in [3.05, 3.63) is 30.6 Å². The van der Waals surface area contributed by atoms with Crippen LogP contribution in [0.5, 0.6) is 0 Å². The maximum atomic E-state index is 12.3. The molecule has 140 valence electrons. The summed E-state index contributed by atoms with van der Waals surface area (Å²) in [6, 6.07) is 5.24. The van der Waals surface area contributed by atoms with E-state index in [2.05, 4.69) is 10.3 Å². The second-order valence-corrected chi connectivity index (χ2v) is 7.94. The lowest BCUT2D eigenvalue weighted by atomic mass is 9.76. The molecule has 8 heteroatoms. The van der Waals surface area contributed by atoms with Gasteiger partial charge in [0.1, 0.15) is 0 Å². The molecule has 1 aromatic carbocycles. The summed E-state index contributed by atoms with van der Waals surface area (Å²) >= 11 is 0. The van der Waals surface area contributed by atoms with Crippen LogP contribution in [0.15, 0.2) is 30.6 Å². The van der Waals surface area contributed by atoms with Crippen molar-refractivity contribution >= 4 is 41.0 Å². The zero-order chi connectivity index (χ0) is 19.4. The zero-order valence-corrected chi connectivity index (χ0v) is 15.9. The zero-order valence-electron chi connectivity index (χ0n) is 15.9. The van der Waals surface area contributed by atoms with Crippen LogP contribution in [0.2, 0.25) is 0 Å². The number of aromatic nitrogens is 1. The van der Waals surface area contributed by atoms with Crippen molar-refractivity contribution in [2.75, 3.05) is 11.4 Å². The van der Waals surface area contributed by atoms with Crippen LogP contribution in [-0.2, 0) is 14.1 Å². The SMILES string of the molecule is CC1(C)OB(c2ccc(N3CCC(=O)NC3=O)c3ccncc23)OC1(C)C. The Morgan fingerprint density at radius 2 is 1.78 bits per heavy atom. The predicted molar refractivity (Wildman–Crippen MR) is 103 cm³/mol. The number of hydrogen-bond acceptors (Lipinski definition) is 5. The van der Waals surface area contributed by atoms with E-state index in [-0.39, 0.29) is 12.3 Å². The van der Waals surface area contributed by atoms with Gasteiger partial charge in [-0.25, -0.2) is 4.79 Å². The minimum atomic E-state index is -0.521. The number of pyridine rings is 1. The third-order valence-electron chi connectivity index (χ3n) is 5.68. The number of fused-ring (bicyclic) bond motifs is 1. The molecule has 0 saturated carbocycles. The Balaban J connectivity index is 1.78. The van der Waals surface area contributed by atoms with Crippen LogP contribution in [0.3, 0.4) is 0 Å². The van der Waals surface area contributed by atoms with E-state index in [0.717, 1.165) is 21.9 Å². The maximum Gasteiger partial charge on any atom is 0.495 e. The number of imide groups is 1. The van der Waals surface area contributed by atoms with Crippen molar-refractivity contribution in [2.24, 2.45) is 0 Å². The molecule has 0 aliphatic carbocycles. The number of urea groups is 1. The molecule has 3 heterocycles. The summed E-state index contributed by atoms with van der Waals surface area (Å²) in [6.07, 6.45) is 3.72. The van der Waals surface area contributed by atoms with Gasteiger partial charge in [0, 0.05) is 36.1 Å². The molecule has 3 amide bonds. The number of carbonyl (C=O) groups excluding carboxylic acids is 2. The number of benzene rings is 1. The van der Waals surface area contributed by atoms with Gasteiger partial charge in [0.15, 0.2) is 0 Å². The molecule has 1 aromatic heterocycles. The Kier molecular flexibility index (Phi) is 4.01. The highest BCUT2D eigenvalue weighted by molar-refractivity contribution is 6.65. The van der Waals surface area contributed by atoms with E-state index in [1.165, 1.54) is 0 Å². The predicted octanol–water partition coefficient (Wildman–Crippen LogP) is 1.98. The molecule has 0 radical (unpaired) electrons. The molecule has 1 N–H and O–H groups in total. The Bertz CT molecular complexity index is 928. The van der Waals surface area contributed by atoms with E-state index >= 15 is 0 Å². The molecule has 0 spiro atoms. The fourth-order valence-electron chi connectivity index (χ4n) is 3.40. The molecule has 2 fully saturated rings. The van der Waals surface area contributed by atoms with Crippen molar-refractivity contribution in [1.82, 2.24) is 10.3 Å². The van der Waals surface area contributed by atoms with Gasteiger partial charge in [-0.3, -0.25) is 20.0 Å². The fraction of sp³-hybridized carbons (Fsp3) is 0.421. The molecule has 2 saturated heterocycles. The molecule has 2 aromatic rings. The quantitative estimate of drug-likeness (QED) is 0.821. The Morgan fingerprint density at radius 1 is 1.07 bits per heavy atom. The largest absolute Gasteiger partial charge is 0.495 e. The summed E-state index contributed by atoms with van der Waals surface area (Å²) in [4.78, 5) is 29.6. The number of hydrogen-bond donors (Lipinski definition) is 1. The van der Waals surface area contributed by atoms with E-state index < -0.39 is 24.4 Å². The van der Waals surface area contributed by atoms with Crippen LogP contribution in [0.1, 0.15) is 34.1 Å². The third kappa shape index (κ3) is 2.89. The van der Waals surface area contributed by atoms with Gasteiger partial charge in [-0.15, -0.1) is 0 Å². The molecule has 7 nitrogen and oxygen atoms in total. The summed E-state index contributed by atoms with van der Waals surface area (Å²) in [6.45, 7) is 8.39. The van der Waals surface area contributed by atoms with Crippen molar-refractivity contribution in [3.8, 4) is 0 Å². The Morgan fingerprint density at radius 3 is 2.44 bits per heavy atom. The molecular formula is C19H22BN3O4. The van der Waals surface area contributed by atoms with Crippen molar-refractivity contribution in [3.63, 3.8) is 0 Å². The van der Waals surface area contributed by atoms with Crippen LogP contribution in [0.25, 0.3) is 10.8 Å². The molecule has 2 aliphatic rings. The highest BCUT2D eigenvalue weighted by Crippen LogP contribution is 2.37. The van der Waals surface area contributed by atoms with E-state index in [1.54, 1.807) is 17.3 Å². The number of nitrogens with one attached hydrogen (secondary N) is 1. The van der Waals surface area contributed by atoms with Gasteiger partial charge in [-0.2, -0.15) is 0 Å². The first kappa shape index (κ1) is 17.9. The summed E-state index contributed by atoms with van der Waals surface area (Å²) in [5.41, 5.74) is 0.711. The lowest BCUT2D eigenvalue weighted by Gasteiger charge is -2.32. The van der Waals surface area contributed by atoms with Gasteiger partial charge in [-0.05, 0) is 45.3 Å². The Labute approximate surface area is 158 Å². The summed E-state index contributed by atoms with van der Waals surface area (Å²) in [5.74, 6) is -0.254. The second kappa shape index (κ2) is 6.04. The average Bonchev–Trinajstić information content (AvgIpc) is 2.82. The minimum Gasteiger partial charge on any atom is -0.399 e. The van der Waals surface area contributed by atoms with Crippen LogP contribution in [0.4, 0.5) is 10.5 Å². The van der Waals surface area contributed by atoms with Gasteiger partial charge in [0.25, 0.3) is 0 Å². The molecule has 27 heavy (non-hydrogen) atoms. The molecule has 2 aliphatic heterocycles. The number of rotatable bonds is 2. The van der Waals surface area contributed by atoms with Gasteiger partial charge >= 0.3 is 13.1 Å². The first-order valence-electron chi connectivity index (χ1n) is 9.03. The number of carbonyl (C=O) groups is 2. The lowest BCUT2D eigenvalue weighted by molar-refractivity contribution is -0.120. The highest BCUT2D eigenvalue weighted by atomic mass is 16.7. The van der Waals surface area contributed by atoms with Crippen LogP contribution < -0.4 is 15.7 Å². The van der Waals surface area contributed by atoms with Crippen molar-refractivity contribution in [1.29, 1.82) is 0 Å². The van der Waals surface area contributed by atoms with E-state index in [0.29, 0.717) is 6.54 Å². The van der Waals surface area contributed by atoms with Crippen LogP contribution in [0, 0.1) is 0 Å². The van der Waals surface area contributed by atoms with Crippen molar-refractivity contribution < 1.29 is 18.9 Å². The topological polar surface area (TPSA) is 80.8 Å². The summed E-state index contributed by atoms with van der Waals surface area (Å²) in [5, 5.41) is 4.09. The molecule has 0 atom stereocenters. The van der Waals surface area contributed by atoms with Gasteiger partial charge in [0.05, 0.1) is 16.9 Å². The number of anilines is 1. The highest BCUT2D eigenvalue weighted by Gasteiger charge is 2.52. The van der Waals surface area contributed by atoms with Gasteiger partial charge in [0.2, 0.25) is 5.91 Å². The smallest absolute Gasteiger partial charge is 0.399 e. The van der Waals surface area contributed by atoms with Gasteiger partial charge in [-0.1, -0.05) is 6.07 Å². The Hall–Kier alpha value is -2.45. The van der Waals surface area contributed by atoms with Crippen LogP contribution in [-0.4, -0.2) is 41.8 Å². The first-order chi connectivity index (χ1) is 12.7. The lowest BCUT2D eigenvalue weighted by Crippen LogP contribution is -2.49. The monoisotopic (exact) mass is 367 g/mol. The molecule has 4 rings (SSSR count).